The minimum absolute atomic E-state index is 0.217. The van der Waals surface area contributed by atoms with Gasteiger partial charge < -0.3 is 14.4 Å². The second-order valence-corrected chi connectivity index (χ2v) is 5.99. The number of rotatable bonds is 6. The van der Waals surface area contributed by atoms with Gasteiger partial charge in [0.2, 0.25) is 5.89 Å². The highest BCUT2D eigenvalue weighted by atomic mass is 16.5. The van der Waals surface area contributed by atoms with E-state index in [9.17, 15) is 0 Å². The maximum Gasteiger partial charge on any atom is 0.229 e. The van der Waals surface area contributed by atoms with Crippen molar-refractivity contribution in [2.75, 3.05) is 0 Å². The third-order valence-electron chi connectivity index (χ3n) is 4.17. The number of aromatic nitrogens is 4. The maximum atomic E-state index is 5.27. The standard InChI is InChI=1S/C17H19N5O/c1-12(19-10-16-20-17(23-21-16)14-2-3-14)13-4-6-15(7-5-13)22-9-8-18-11-22/h4-9,11-12,14,19H,2-3,10H2,1H3/t12-/m1/s1. The largest absolute Gasteiger partial charge is 0.339 e. The van der Waals surface area contributed by atoms with Crippen molar-refractivity contribution in [3.8, 4) is 5.69 Å². The second-order valence-electron chi connectivity index (χ2n) is 5.99. The Morgan fingerprint density at radius 2 is 2.13 bits per heavy atom. The molecule has 1 aliphatic rings. The molecule has 1 aromatic carbocycles. The van der Waals surface area contributed by atoms with E-state index in [1.165, 1.54) is 18.4 Å². The molecule has 1 aliphatic carbocycles. The van der Waals surface area contributed by atoms with Crippen LogP contribution in [0.3, 0.4) is 0 Å². The molecule has 4 rings (SSSR count). The predicted octanol–water partition coefficient (Wildman–Crippen LogP) is 2.98. The molecular weight excluding hydrogens is 290 g/mol. The Kier molecular flexibility index (Phi) is 3.67. The summed E-state index contributed by atoms with van der Waals surface area (Å²) in [7, 11) is 0. The predicted molar refractivity (Wildman–Crippen MR) is 85.1 cm³/mol. The van der Waals surface area contributed by atoms with Crippen LogP contribution in [0.2, 0.25) is 0 Å². The lowest BCUT2D eigenvalue weighted by Crippen LogP contribution is -2.18. The van der Waals surface area contributed by atoms with Crippen molar-refractivity contribution in [2.45, 2.75) is 38.3 Å². The molecule has 1 atom stereocenters. The van der Waals surface area contributed by atoms with E-state index in [0.29, 0.717) is 12.5 Å². The molecule has 23 heavy (non-hydrogen) atoms. The van der Waals surface area contributed by atoms with Crippen molar-refractivity contribution in [1.29, 1.82) is 0 Å². The number of benzene rings is 1. The summed E-state index contributed by atoms with van der Waals surface area (Å²) in [6, 6.07) is 8.65. The Labute approximate surface area is 134 Å². The smallest absolute Gasteiger partial charge is 0.229 e. The Morgan fingerprint density at radius 1 is 1.30 bits per heavy atom. The molecule has 0 bridgehead atoms. The molecule has 2 aromatic heterocycles. The van der Waals surface area contributed by atoms with Gasteiger partial charge in [-0.15, -0.1) is 0 Å². The maximum absolute atomic E-state index is 5.27. The first-order chi connectivity index (χ1) is 11.3. The van der Waals surface area contributed by atoms with Crippen molar-refractivity contribution in [3.05, 3.63) is 60.3 Å². The molecule has 1 N–H and O–H groups in total. The van der Waals surface area contributed by atoms with Crippen molar-refractivity contribution in [2.24, 2.45) is 0 Å². The SMILES string of the molecule is C[C@@H](NCc1noc(C2CC2)n1)c1ccc(-n2ccnc2)cc1. The summed E-state index contributed by atoms with van der Waals surface area (Å²) >= 11 is 0. The number of hydrogen-bond acceptors (Lipinski definition) is 5. The van der Waals surface area contributed by atoms with Crippen molar-refractivity contribution < 1.29 is 4.52 Å². The minimum atomic E-state index is 0.217. The lowest BCUT2D eigenvalue weighted by molar-refractivity contribution is 0.371. The zero-order valence-corrected chi connectivity index (χ0v) is 13.0. The van der Waals surface area contributed by atoms with Crippen LogP contribution in [-0.2, 0) is 6.54 Å². The van der Waals surface area contributed by atoms with Gasteiger partial charge in [0, 0.05) is 30.0 Å². The van der Waals surface area contributed by atoms with Crippen LogP contribution in [0, 0.1) is 0 Å². The normalized spacial score (nSPS) is 15.7. The van der Waals surface area contributed by atoms with Crippen LogP contribution in [0.4, 0.5) is 0 Å². The molecule has 2 heterocycles. The molecular formula is C17H19N5O. The van der Waals surface area contributed by atoms with E-state index in [-0.39, 0.29) is 6.04 Å². The fraction of sp³-hybridized carbons (Fsp3) is 0.353. The quantitative estimate of drug-likeness (QED) is 0.758. The summed E-state index contributed by atoms with van der Waals surface area (Å²) in [5.41, 5.74) is 2.32. The monoisotopic (exact) mass is 309 g/mol. The van der Waals surface area contributed by atoms with Crippen LogP contribution < -0.4 is 5.32 Å². The highest BCUT2D eigenvalue weighted by Gasteiger charge is 2.29. The van der Waals surface area contributed by atoms with Gasteiger partial charge in [0.05, 0.1) is 12.9 Å². The van der Waals surface area contributed by atoms with Gasteiger partial charge in [-0.3, -0.25) is 0 Å². The molecule has 0 saturated heterocycles. The van der Waals surface area contributed by atoms with E-state index >= 15 is 0 Å². The van der Waals surface area contributed by atoms with Gasteiger partial charge in [-0.25, -0.2) is 4.98 Å². The highest BCUT2D eigenvalue weighted by molar-refractivity contribution is 5.35. The molecule has 3 aromatic rings. The Morgan fingerprint density at radius 3 is 2.83 bits per heavy atom. The summed E-state index contributed by atoms with van der Waals surface area (Å²) in [6.45, 7) is 2.74. The van der Waals surface area contributed by atoms with Crippen molar-refractivity contribution in [3.63, 3.8) is 0 Å². The average Bonchev–Trinajstić information content (AvgIpc) is 3.11. The molecule has 118 valence electrons. The van der Waals surface area contributed by atoms with Crippen LogP contribution >= 0.6 is 0 Å². The first-order valence-corrected chi connectivity index (χ1v) is 7.94. The first-order valence-electron chi connectivity index (χ1n) is 7.94. The zero-order chi connectivity index (χ0) is 15.6. The lowest BCUT2D eigenvalue weighted by atomic mass is 10.1. The third-order valence-corrected chi connectivity index (χ3v) is 4.17. The first kappa shape index (κ1) is 14.1. The van der Waals surface area contributed by atoms with Gasteiger partial charge >= 0.3 is 0 Å². The molecule has 1 saturated carbocycles. The Bertz CT molecular complexity index is 759. The van der Waals surface area contributed by atoms with Gasteiger partial charge in [0.25, 0.3) is 0 Å². The van der Waals surface area contributed by atoms with Gasteiger partial charge in [-0.05, 0) is 37.5 Å². The van der Waals surface area contributed by atoms with Crippen molar-refractivity contribution in [1.82, 2.24) is 25.0 Å². The van der Waals surface area contributed by atoms with E-state index < -0.39 is 0 Å². The molecule has 1 fully saturated rings. The Hall–Kier alpha value is -2.47. The Balaban J connectivity index is 1.37. The van der Waals surface area contributed by atoms with Gasteiger partial charge in [-0.2, -0.15) is 4.98 Å². The van der Waals surface area contributed by atoms with E-state index in [0.717, 1.165) is 17.4 Å². The summed E-state index contributed by atoms with van der Waals surface area (Å²) in [4.78, 5) is 8.50. The van der Waals surface area contributed by atoms with Crippen molar-refractivity contribution >= 4 is 0 Å². The lowest BCUT2D eigenvalue weighted by Gasteiger charge is -2.13. The van der Waals surface area contributed by atoms with Crippen LogP contribution in [0.15, 0.2) is 47.5 Å². The summed E-state index contributed by atoms with van der Waals surface area (Å²) in [5, 5.41) is 7.47. The van der Waals surface area contributed by atoms with E-state index in [4.69, 9.17) is 4.52 Å². The molecule has 6 heteroatoms. The molecule has 0 unspecified atom stereocenters. The summed E-state index contributed by atoms with van der Waals surface area (Å²) in [6.07, 6.45) is 7.86. The van der Waals surface area contributed by atoms with Gasteiger partial charge in [0.15, 0.2) is 5.82 Å². The molecule has 6 nitrogen and oxygen atoms in total. The average molecular weight is 309 g/mol. The summed E-state index contributed by atoms with van der Waals surface area (Å²) in [5.74, 6) is 2.03. The highest BCUT2D eigenvalue weighted by Crippen LogP contribution is 2.38. The molecule has 0 aliphatic heterocycles. The molecule has 0 spiro atoms. The zero-order valence-electron chi connectivity index (χ0n) is 13.0. The van der Waals surface area contributed by atoms with Gasteiger partial charge in [-0.1, -0.05) is 17.3 Å². The van der Waals surface area contributed by atoms with Gasteiger partial charge in [0.1, 0.15) is 0 Å². The topological polar surface area (TPSA) is 68.8 Å². The molecule has 0 radical (unpaired) electrons. The van der Waals surface area contributed by atoms with Crippen LogP contribution in [0.5, 0.6) is 0 Å². The van der Waals surface area contributed by atoms with E-state index in [2.05, 4.69) is 51.6 Å². The van der Waals surface area contributed by atoms with E-state index in [1.54, 1.807) is 12.5 Å². The molecule has 0 amide bonds. The van der Waals surface area contributed by atoms with Crippen LogP contribution in [0.1, 0.15) is 49.0 Å². The van der Waals surface area contributed by atoms with Crippen LogP contribution in [0.25, 0.3) is 5.69 Å². The number of nitrogens with zero attached hydrogens (tertiary/aromatic N) is 4. The minimum Gasteiger partial charge on any atom is -0.339 e. The van der Waals surface area contributed by atoms with Crippen LogP contribution in [-0.4, -0.2) is 19.7 Å². The third kappa shape index (κ3) is 3.17. The second kappa shape index (κ2) is 5.96. The fourth-order valence-electron chi connectivity index (χ4n) is 2.54. The number of hydrogen-bond donors (Lipinski definition) is 1. The van der Waals surface area contributed by atoms with E-state index in [1.807, 2.05) is 10.8 Å². The fourth-order valence-corrected chi connectivity index (χ4v) is 2.54. The summed E-state index contributed by atoms with van der Waals surface area (Å²) < 4.78 is 7.26. The number of imidazole rings is 1. The number of nitrogens with one attached hydrogen (secondary N) is 1.